The highest BCUT2D eigenvalue weighted by Crippen LogP contribution is 2.48. The minimum atomic E-state index is -4.40. The van der Waals surface area contributed by atoms with Crippen molar-refractivity contribution in [1.82, 2.24) is 24.6 Å². The molecule has 2 aromatic heterocycles. The molecule has 1 saturated carbocycles. The van der Waals surface area contributed by atoms with Crippen LogP contribution in [0.4, 0.5) is 5.82 Å². The van der Waals surface area contributed by atoms with Gasteiger partial charge in [-0.2, -0.15) is 5.09 Å². The summed E-state index contributed by atoms with van der Waals surface area (Å²) in [5.74, 6) is -0.204. The Kier molecular flexibility index (Phi) is 10.2. The lowest BCUT2D eigenvalue weighted by molar-refractivity contribution is -0.152. The average molecular weight is 667 g/mol. The van der Waals surface area contributed by atoms with E-state index in [9.17, 15) is 19.6 Å². The first kappa shape index (κ1) is 33.0. The predicted molar refractivity (Wildman–Crippen MR) is 171 cm³/mol. The predicted octanol–water partition coefficient (Wildman–Crippen LogP) is 3.70. The lowest BCUT2D eigenvalue weighted by Gasteiger charge is -2.30. The number of esters is 1. The molecule has 2 aliphatic rings. The van der Waals surface area contributed by atoms with E-state index in [0.717, 1.165) is 37.7 Å². The third kappa shape index (κ3) is 7.64. The van der Waals surface area contributed by atoms with Crippen molar-refractivity contribution in [3.63, 3.8) is 0 Å². The quantitative estimate of drug-likeness (QED) is 0.126. The molecule has 47 heavy (non-hydrogen) atoms. The molecule has 7 atom stereocenters. The van der Waals surface area contributed by atoms with Crippen LogP contribution in [0.5, 0.6) is 5.75 Å². The third-order valence-corrected chi connectivity index (χ3v) is 10.1. The van der Waals surface area contributed by atoms with Gasteiger partial charge in [-0.1, -0.05) is 55.0 Å². The Labute approximate surface area is 271 Å². The van der Waals surface area contributed by atoms with Crippen LogP contribution in [-0.2, 0) is 29.8 Å². The number of nitrogens with zero attached hydrogens (tertiary/aromatic N) is 4. The van der Waals surface area contributed by atoms with Gasteiger partial charge in [-0.05, 0) is 56.7 Å². The zero-order valence-electron chi connectivity index (χ0n) is 25.9. The summed E-state index contributed by atoms with van der Waals surface area (Å²) >= 11 is 0. The van der Waals surface area contributed by atoms with Crippen LogP contribution < -0.4 is 15.3 Å². The SMILES string of the molecule is C[C@H](OP(=O)(N[C@@H](Cc1ccccc1)C(=O)OC1CCCCC1)Oc1ccccc1)[C@H]1O[C@@H](n2cnc3c(N)ncnc32)[C@H](O)[C@@H]1O. The van der Waals surface area contributed by atoms with Gasteiger partial charge in [0.15, 0.2) is 17.7 Å². The van der Waals surface area contributed by atoms with E-state index in [1.807, 2.05) is 30.3 Å². The van der Waals surface area contributed by atoms with Crippen molar-refractivity contribution in [2.45, 2.75) is 88.2 Å². The minimum absolute atomic E-state index is 0.146. The maximum Gasteiger partial charge on any atom is 0.459 e. The number of aliphatic hydroxyl groups excluding tert-OH is 2. The van der Waals surface area contributed by atoms with Crippen molar-refractivity contribution in [3.05, 3.63) is 78.9 Å². The number of hydrogen-bond acceptors (Lipinski definition) is 12. The minimum Gasteiger partial charge on any atom is -0.461 e. The number of nitrogen functional groups attached to an aromatic ring is 1. The van der Waals surface area contributed by atoms with Crippen molar-refractivity contribution in [1.29, 1.82) is 0 Å². The molecular weight excluding hydrogens is 627 g/mol. The second-order valence-corrected chi connectivity index (χ2v) is 13.5. The first-order valence-electron chi connectivity index (χ1n) is 15.7. The largest absolute Gasteiger partial charge is 0.461 e. The van der Waals surface area contributed by atoms with Crippen molar-refractivity contribution >= 4 is 30.7 Å². The van der Waals surface area contributed by atoms with Crippen LogP contribution in [0, 0.1) is 0 Å². The number of nitrogens with one attached hydrogen (secondary N) is 1. The Morgan fingerprint density at radius 1 is 1.04 bits per heavy atom. The molecule has 1 unspecified atom stereocenters. The number of aliphatic hydroxyl groups is 2. The number of para-hydroxylation sites is 1. The summed E-state index contributed by atoms with van der Waals surface area (Å²) in [5, 5.41) is 25.0. The summed E-state index contributed by atoms with van der Waals surface area (Å²) < 4.78 is 40.1. The van der Waals surface area contributed by atoms with E-state index >= 15 is 0 Å². The number of carbonyl (C=O) groups excluding carboxylic acids is 1. The summed E-state index contributed by atoms with van der Waals surface area (Å²) in [5.41, 5.74) is 7.32. The van der Waals surface area contributed by atoms with Crippen LogP contribution in [-0.4, -0.2) is 72.3 Å². The molecule has 4 aromatic rings. The summed E-state index contributed by atoms with van der Waals surface area (Å²) in [6.07, 6.45) is 0.789. The highest BCUT2D eigenvalue weighted by atomic mass is 31.2. The Bertz CT molecular complexity index is 1690. The molecule has 2 fully saturated rings. The van der Waals surface area contributed by atoms with Crippen molar-refractivity contribution in [2.24, 2.45) is 0 Å². The summed E-state index contributed by atoms with van der Waals surface area (Å²) in [6.45, 7) is 1.53. The summed E-state index contributed by atoms with van der Waals surface area (Å²) in [4.78, 5) is 26.0. The fourth-order valence-electron chi connectivity index (χ4n) is 5.99. The lowest BCUT2D eigenvalue weighted by atomic mass is 9.97. The molecule has 0 bridgehead atoms. The van der Waals surface area contributed by atoms with Crippen LogP contribution in [0.2, 0.25) is 0 Å². The molecule has 1 aliphatic heterocycles. The van der Waals surface area contributed by atoms with E-state index in [-0.39, 0.29) is 24.1 Å². The number of rotatable bonds is 12. The Morgan fingerprint density at radius 3 is 2.47 bits per heavy atom. The number of carbonyl (C=O) groups is 1. The zero-order chi connectivity index (χ0) is 33.0. The van der Waals surface area contributed by atoms with Crippen molar-refractivity contribution < 1.29 is 38.1 Å². The van der Waals surface area contributed by atoms with Gasteiger partial charge in [0.2, 0.25) is 0 Å². The maximum atomic E-state index is 14.6. The number of benzene rings is 2. The van der Waals surface area contributed by atoms with E-state index in [4.69, 9.17) is 24.3 Å². The first-order valence-corrected chi connectivity index (χ1v) is 17.2. The van der Waals surface area contributed by atoms with E-state index in [2.05, 4.69) is 20.0 Å². The van der Waals surface area contributed by atoms with Crippen molar-refractivity contribution in [3.8, 4) is 5.75 Å². The molecule has 250 valence electrons. The molecule has 14 nitrogen and oxygen atoms in total. The molecule has 1 aliphatic carbocycles. The first-order chi connectivity index (χ1) is 22.7. The zero-order valence-corrected chi connectivity index (χ0v) is 26.8. The van der Waals surface area contributed by atoms with E-state index < -0.39 is 50.4 Å². The Hall–Kier alpha value is -3.91. The Morgan fingerprint density at radius 2 is 1.74 bits per heavy atom. The molecule has 15 heteroatoms. The average Bonchev–Trinajstić information content (AvgIpc) is 3.63. The van der Waals surface area contributed by atoms with Crippen LogP contribution in [0.25, 0.3) is 11.2 Å². The van der Waals surface area contributed by atoms with Crippen molar-refractivity contribution in [2.75, 3.05) is 5.73 Å². The van der Waals surface area contributed by atoms with Crippen LogP contribution in [0.15, 0.2) is 73.3 Å². The normalized spacial score (nSPS) is 24.4. The van der Waals surface area contributed by atoms with Gasteiger partial charge in [-0.15, -0.1) is 0 Å². The van der Waals surface area contributed by atoms with Gasteiger partial charge < -0.3 is 29.9 Å². The van der Waals surface area contributed by atoms with E-state index in [0.29, 0.717) is 11.2 Å². The van der Waals surface area contributed by atoms with Gasteiger partial charge in [0.05, 0.1) is 12.4 Å². The molecule has 0 spiro atoms. The number of fused-ring (bicyclic) bond motifs is 1. The number of aromatic nitrogens is 4. The number of imidazole rings is 1. The number of anilines is 1. The van der Waals surface area contributed by atoms with Gasteiger partial charge in [0, 0.05) is 0 Å². The molecule has 0 radical (unpaired) electrons. The van der Waals surface area contributed by atoms with Gasteiger partial charge in [0.1, 0.15) is 48.1 Å². The van der Waals surface area contributed by atoms with Crippen LogP contribution in [0.1, 0.15) is 50.8 Å². The lowest BCUT2D eigenvalue weighted by Crippen LogP contribution is -2.43. The second kappa shape index (κ2) is 14.5. The highest BCUT2D eigenvalue weighted by Gasteiger charge is 2.49. The topological polar surface area (TPSA) is 193 Å². The van der Waals surface area contributed by atoms with Gasteiger partial charge in [0.25, 0.3) is 0 Å². The van der Waals surface area contributed by atoms with Crippen LogP contribution in [0.3, 0.4) is 0 Å². The van der Waals surface area contributed by atoms with E-state index in [1.165, 1.54) is 24.1 Å². The summed E-state index contributed by atoms with van der Waals surface area (Å²) in [7, 11) is -4.40. The fraction of sp³-hybridized carbons (Fsp3) is 0.438. The Balaban J connectivity index is 1.25. The molecule has 3 heterocycles. The smallest absolute Gasteiger partial charge is 0.459 e. The molecule has 6 rings (SSSR count). The number of nitrogens with two attached hydrogens (primary N) is 1. The van der Waals surface area contributed by atoms with Gasteiger partial charge in [-0.3, -0.25) is 13.9 Å². The molecule has 2 aromatic carbocycles. The second-order valence-electron chi connectivity index (χ2n) is 11.8. The van der Waals surface area contributed by atoms with E-state index in [1.54, 1.807) is 30.3 Å². The molecular formula is C32H39N6O8P. The van der Waals surface area contributed by atoms with Gasteiger partial charge in [-0.25, -0.2) is 19.5 Å². The molecule has 5 N–H and O–H groups in total. The van der Waals surface area contributed by atoms with Gasteiger partial charge >= 0.3 is 13.7 Å². The maximum absolute atomic E-state index is 14.6. The number of ether oxygens (including phenoxy) is 2. The monoisotopic (exact) mass is 666 g/mol. The standard InChI is InChI=1S/C32H39N6O8P/c1-20(28-26(39)27(40)31(44-28)38-19-36-25-29(33)34-18-35-30(25)38)45-47(42,46-23-15-9-4-10-16-23)37-24(17-21-11-5-2-6-12-21)32(41)43-22-13-7-3-8-14-22/h2,4-6,9-12,15-16,18-20,22,24,26-28,31,39-40H,3,7-8,13-14,17H2,1H3,(H,37,42)(H2,33,34,35)/t20-,24-,26-,27+,28+,31+,47?/m0/s1. The summed E-state index contributed by atoms with van der Waals surface area (Å²) in [6, 6.07) is 16.6. The number of hydrogen-bond donors (Lipinski definition) is 4. The molecule has 0 amide bonds. The third-order valence-electron chi connectivity index (χ3n) is 8.39. The fourth-order valence-corrected chi connectivity index (χ4v) is 7.68. The highest BCUT2D eigenvalue weighted by molar-refractivity contribution is 7.52. The van der Waals surface area contributed by atoms with Crippen LogP contribution >= 0.6 is 7.75 Å². The molecule has 1 saturated heterocycles.